The molecule has 1 aromatic carbocycles. The highest BCUT2D eigenvalue weighted by molar-refractivity contribution is 9.10. The summed E-state index contributed by atoms with van der Waals surface area (Å²) in [5, 5.41) is 11.2. The molecule has 2 aromatic heterocycles. The number of carbonyl (C=O) groups excluding carboxylic acids is 1. The van der Waals surface area contributed by atoms with Crippen molar-refractivity contribution in [3.63, 3.8) is 0 Å². The number of halogens is 3. The third-order valence-corrected chi connectivity index (χ3v) is 4.60. The zero-order valence-electron chi connectivity index (χ0n) is 13.1. The molecule has 0 bridgehead atoms. The molecule has 2 heterocycles. The molecule has 3 aromatic rings. The molecule has 0 saturated carbocycles. The second-order valence-electron chi connectivity index (χ2n) is 5.29. The van der Waals surface area contributed by atoms with E-state index in [0.717, 1.165) is 10.2 Å². The van der Waals surface area contributed by atoms with Crippen molar-refractivity contribution in [3.8, 4) is 0 Å². The van der Waals surface area contributed by atoms with Crippen molar-refractivity contribution in [3.05, 3.63) is 57.3 Å². The first-order chi connectivity index (χ1) is 11.9. The smallest absolute Gasteiger partial charge is 0.248 e. The standard InChI is InChI=1S/C15H13BrClFN6O/c1-9-12(16)5-20-24(9)7-14(25)21-15-19-8-23(22-15)6-10-2-3-11(18)4-13(10)17/h2-5,8H,6-7H2,1H3,(H,21,22,25). The van der Waals surface area contributed by atoms with Gasteiger partial charge in [0.1, 0.15) is 18.7 Å². The van der Waals surface area contributed by atoms with E-state index in [9.17, 15) is 9.18 Å². The Labute approximate surface area is 155 Å². The Balaban J connectivity index is 1.63. The lowest BCUT2D eigenvalue weighted by Crippen LogP contribution is -2.21. The molecule has 0 radical (unpaired) electrons. The second-order valence-corrected chi connectivity index (χ2v) is 6.55. The Kier molecular flexibility index (Phi) is 5.14. The van der Waals surface area contributed by atoms with Gasteiger partial charge in [0.15, 0.2) is 0 Å². The molecule has 130 valence electrons. The summed E-state index contributed by atoms with van der Waals surface area (Å²) in [4.78, 5) is 16.1. The van der Waals surface area contributed by atoms with E-state index in [4.69, 9.17) is 11.6 Å². The normalized spacial score (nSPS) is 10.9. The molecule has 10 heteroatoms. The second kappa shape index (κ2) is 7.32. The van der Waals surface area contributed by atoms with Gasteiger partial charge in [0.2, 0.25) is 11.9 Å². The lowest BCUT2D eigenvalue weighted by Gasteiger charge is -2.05. The molecule has 0 spiro atoms. The fourth-order valence-corrected chi connectivity index (χ4v) is 2.66. The van der Waals surface area contributed by atoms with E-state index in [2.05, 4.69) is 36.4 Å². The van der Waals surface area contributed by atoms with Crippen LogP contribution >= 0.6 is 27.5 Å². The molecule has 0 unspecified atom stereocenters. The van der Waals surface area contributed by atoms with E-state index < -0.39 is 5.82 Å². The van der Waals surface area contributed by atoms with Crippen molar-refractivity contribution < 1.29 is 9.18 Å². The van der Waals surface area contributed by atoms with E-state index in [0.29, 0.717) is 17.1 Å². The molecule has 25 heavy (non-hydrogen) atoms. The van der Waals surface area contributed by atoms with Crippen LogP contribution in [0.5, 0.6) is 0 Å². The molecule has 7 nitrogen and oxygen atoms in total. The molecule has 0 fully saturated rings. The minimum Gasteiger partial charge on any atom is -0.292 e. The highest BCUT2D eigenvalue weighted by atomic mass is 79.9. The first-order valence-corrected chi connectivity index (χ1v) is 8.40. The van der Waals surface area contributed by atoms with Crippen molar-refractivity contribution in [2.75, 3.05) is 5.32 Å². The Morgan fingerprint density at radius 1 is 1.44 bits per heavy atom. The van der Waals surface area contributed by atoms with Gasteiger partial charge in [-0.2, -0.15) is 5.10 Å². The lowest BCUT2D eigenvalue weighted by atomic mass is 10.2. The molecule has 1 N–H and O–H groups in total. The van der Waals surface area contributed by atoms with Gasteiger partial charge in [-0.1, -0.05) is 17.7 Å². The number of nitrogens with one attached hydrogen (secondary N) is 1. The van der Waals surface area contributed by atoms with Gasteiger partial charge in [-0.25, -0.2) is 14.1 Å². The predicted molar refractivity (Wildman–Crippen MR) is 93.8 cm³/mol. The van der Waals surface area contributed by atoms with E-state index >= 15 is 0 Å². The fraction of sp³-hybridized carbons (Fsp3) is 0.200. The summed E-state index contributed by atoms with van der Waals surface area (Å²) in [7, 11) is 0. The number of nitrogens with zero attached hydrogens (tertiary/aromatic N) is 5. The highest BCUT2D eigenvalue weighted by Gasteiger charge is 2.11. The Morgan fingerprint density at radius 2 is 2.24 bits per heavy atom. The summed E-state index contributed by atoms with van der Waals surface area (Å²) in [6.45, 7) is 2.22. The van der Waals surface area contributed by atoms with Crippen LogP contribution in [-0.2, 0) is 17.9 Å². The quantitative estimate of drug-likeness (QED) is 0.679. The average Bonchev–Trinajstić information content (AvgIpc) is 3.11. The largest absolute Gasteiger partial charge is 0.292 e. The molecule has 0 saturated heterocycles. The summed E-state index contributed by atoms with van der Waals surface area (Å²) in [6.07, 6.45) is 3.09. The summed E-state index contributed by atoms with van der Waals surface area (Å²) in [5.74, 6) is -0.524. The molecule has 3 rings (SSSR count). The maximum absolute atomic E-state index is 13.1. The number of carbonyl (C=O) groups is 1. The minimum absolute atomic E-state index is 0.0514. The predicted octanol–water partition coefficient (Wildman–Crippen LogP) is 3.03. The molecular formula is C15H13BrClFN6O. The number of aromatic nitrogens is 5. The van der Waals surface area contributed by atoms with Gasteiger partial charge in [-0.05, 0) is 40.5 Å². The van der Waals surface area contributed by atoms with Gasteiger partial charge in [-0.15, -0.1) is 5.10 Å². The van der Waals surface area contributed by atoms with E-state index in [1.807, 2.05) is 6.92 Å². The fourth-order valence-electron chi connectivity index (χ4n) is 2.14. The Bertz CT molecular complexity index is 925. The van der Waals surface area contributed by atoms with Crippen LogP contribution in [0.2, 0.25) is 5.02 Å². The molecule has 0 aliphatic rings. The zero-order valence-corrected chi connectivity index (χ0v) is 15.4. The van der Waals surface area contributed by atoms with Gasteiger partial charge in [0.25, 0.3) is 0 Å². The van der Waals surface area contributed by atoms with Gasteiger partial charge in [0.05, 0.1) is 22.9 Å². The van der Waals surface area contributed by atoms with E-state index in [-0.39, 0.29) is 18.4 Å². The molecule has 0 aliphatic carbocycles. The lowest BCUT2D eigenvalue weighted by molar-refractivity contribution is -0.117. The number of hydrogen-bond acceptors (Lipinski definition) is 4. The average molecular weight is 428 g/mol. The molecular weight excluding hydrogens is 415 g/mol. The van der Waals surface area contributed by atoms with Crippen LogP contribution in [0.25, 0.3) is 0 Å². The number of amides is 1. The number of benzene rings is 1. The van der Waals surface area contributed by atoms with Gasteiger partial charge in [0, 0.05) is 5.02 Å². The van der Waals surface area contributed by atoms with Gasteiger partial charge >= 0.3 is 0 Å². The Hall–Kier alpha value is -2.26. The van der Waals surface area contributed by atoms with Gasteiger partial charge < -0.3 is 0 Å². The third kappa shape index (κ3) is 4.23. The third-order valence-electron chi connectivity index (χ3n) is 3.47. The van der Waals surface area contributed by atoms with Crippen LogP contribution in [-0.4, -0.2) is 30.5 Å². The zero-order chi connectivity index (χ0) is 18.0. The monoisotopic (exact) mass is 426 g/mol. The first-order valence-electron chi connectivity index (χ1n) is 7.23. The topological polar surface area (TPSA) is 77.6 Å². The number of hydrogen-bond donors (Lipinski definition) is 1. The molecule has 0 aliphatic heterocycles. The first kappa shape index (κ1) is 17.6. The Morgan fingerprint density at radius 3 is 2.92 bits per heavy atom. The van der Waals surface area contributed by atoms with Crippen molar-refractivity contribution in [1.82, 2.24) is 24.5 Å². The van der Waals surface area contributed by atoms with Crippen LogP contribution in [0, 0.1) is 12.7 Å². The van der Waals surface area contributed by atoms with Gasteiger partial charge in [-0.3, -0.25) is 14.8 Å². The number of rotatable bonds is 5. The molecule has 0 atom stereocenters. The van der Waals surface area contributed by atoms with Crippen molar-refractivity contribution in [1.29, 1.82) is 0 Å². The highest BCUT2D eigenvalue weighted by Crippen LogP contribution is 2.18. The van der Waals surface area contributed by atoms with E-state index in [1.54, 1.807) is 16.9 Å². The minimum atomic E-state index is -0.402. The van der Waals surface area contributed by atoms with E-state index in [1.165, 1.54) is 23.1 Å². The maximum atomic E-state index is 13.1. The summed E-state index contributed by atoms with van der Waals surface area (Å²) >= 11 is 9.33. The van der Waals surface area contributed by atoms with Crippen LogP contribution in [0.1, 0.15) is 11.3 Å². The van der Waals surface area contributed by atoms with Crippen LogP contribution in [0.3, 0.4) is 0 Å². The number of anilines is 1. The van der Waals surface area contributed by atoms with Crippen molar-refractivity contribution >= 4 is 39.4 Å². The van der Waals surface area contributed by atoms with Crippen LogP contribution < -0.4 is 5.32 Å². The maximum Gasteiger partial charge on any atom is 0.248 e. The van der Waals surface area contributed by atoms with Crippen molar-refractivity contribution in [2.24, 2.45) is 0 Å². The molecule has 1 amide bonds. The summed E-state index contributed by atoms with van der Waals surface area (Å²) < 4.78 is 17.0. The SMILES string of the molecule is Cc1c(Br)cnn1CC(=O)Nc1ncn(Cc2ccc(F)cc2Cl)n1. The van der Waals surface area contributed by atoms with Crippen molar-refractivity contribution in [2.45, 2.75) is 20.0 Å². The summed E-state index contributed by atoms with van der Waals surface area (Å²) in [6, 6.07) is 4.14. The summed E-state index contributed by atoms with van der Waals surface area (Å²) in [5.41, 5.74) is 1.54. The van der Waals surface area contributed by atoms with Crippen LogP contribution in [0.4, 0.5) is 10.3 Å². The van der Waals surface area contributed by atoms with Crippen LogP contribution in [0.15, 0.2) is 35.2 Å².